The van der Waals surface area contributed by atoms with Crippen molar-refractivity contribution in [2.75, 3.05) is 13.1 Å². The van der Waals surface area contributed by atoms with Gasteiger partial charge in [0.2, 0.25) is 5.91 Å². The zero-order valence-corrected chi connectivity index (χ0v) is 14.1. The normalized spacial score (nSPS) is 23.5. The van der Waals surface area contributed by atoms with Gasteiger partial charge in [-0.05, 0) is 24.8 Å². The van der Waals surface area contributed by atoms with Crippen LogP contribution in [0, 0.1) is 0 Å². The van der Waals surface area contributed by atoms with Crippen molar-refractivity contribution in [2.45, 2.75) is 37.3 Å². The van der Waals surface area contributed by atoms with Crippen LogP contribution in [0.3, 0.4) is 0 Å². The van der Waals surface area contributed by atoms with Gasteiger partial charge in [-0.1, -0.05) is 30.3 Å². The van der Waals surface area contributed by atoms with E-state index in [0.29, 0.717) is 0 Å². The second kappa shape index (κ2) is 6.06. The first kappa shape index (κ1) is 15.4. The third-order valence-electron chi connectivity index (χ3n) is 5.60. The SMILES string of the molecule is Cn1ccnc1CN1CCC2(CC1)C[C@@H](c1ccccc1)C(=O)N2. The Bertz CT molecular complexity index is 716. The summed E-state index contributed by atoms with van der Waals surface area (Å²) in [7, 11) is 2.04. The highest BCUT2D eigenvalue weighted by molar-refractivity contribution is 5.87. The Hall–Kier alpha value is -2.14. The fourth-order valence-corrected chi connectivity index (χ4v) is 4.05. The van der Waals surface area contributed by atoms with E-state index in [1.807, 2.05) is 37.6 Å². The van der Waals surface area contributed by atoms with Crippen molar-refractivity contribution in [3.63, 3.8) is 0 Å². The van der Waals surface area contributed by atoms with E-state index < -0.39 is 0 Å². The Balaban J connectivity index is 1.40. The Morgan fingerprint density at radius 2 is 2.00 bits per heavy atom. The minimum absolute atomic E-state index is 0.00675. The first-order valence-electron chi connectivity index (χ1n) is 8.71. The Morgan fingerprint density at radius 1 is 1.25 bits per heavy atom. The van der Waals surface area contributed by atoms with Crippen LogP contribution in [0.1, 0.15) is 36.6 Å². The lowest BCUT2D eigenvalue weighted by molar-refractivity contribution is -0.121. The molecule has 0 aliphatic carbocycles. The molecule has 3 heterocycles. The molecule has 2 saturated heterocycles. The molecule has 126 valence electrons. The minimum atomic E-state index is -0.0181. The monoisotopic (exact) mass is 324 g/mol. The molecule has 24 heavy (non-hydrogen) atoms. The third-order valence-corrected chi connectivity index (χ3v) is 5.60. The summed E-state index contributed by atoms with van der Waals surface area (Å²) in [6, 6.07) is 10.2. The topological polar surface area (TPSA) is 50.2 Å². The molecule has 1 aromatic heterocycles. The van der Waals surface area contributed by atoms with Crippen LogP contribution < -0.4 is 5.32 Å². The molecule has 1 amide bonds. The van der Waals surface area contributed by atoms with Gasteiger partial charge in [0, 0.05) is 38.1 Å². The van der Waals surface area contributed by atoms with Crippen molar-refractivity contribution in [3.8, 4) is 0 Å². The first-order valence-corrected chi connectivity index (χ1v) is 8.71. The molecule has 5 nitrogen and oxygen atoms in total. The van der Waals surface area contributed by atoms with E-state index in [1.165, 1.54) is 0 Å². The molecular weight excluding hydrogens is 300 g/mol. The minimum Gasteiger partial charge on any atom is -0.350 e. The zero-order valence-electron chi connectivity index (χ0n) is 14.1. The van der Waals surface area contributed by atoms with Gasteiger partial charge in [-0.15, -0.1) is 0 Å². The van der Waals surface area contributed by atoms with E-state index in [2.05, 4.69) is 31.9 Å². The summed E-state index contributed by atoms with van der Waals surface area (Å²) in [6.45, 7) is 2.90. The lowest BCUT2D eigenvalue weighted by atomic mass is 9.82. The molecule has 2 aliphatic rings. The summed E-state index contributed by atoms with van der Waals surface area (Å²) in [4.78, 5) is 19.3. The number of carbonyl (C=O) groups is 1. The van der Waals surface area contributed by atoms with E-state index in [9.17, 15) is 4.79 Å². The van der Waals surface area contributed by atoms with Crippen LogP contribution in [0.4, 0.5) is 0 Å². The Labute approximate surface area is 142 Å². The van der Waals surface area contributed by atoms with Crippen LogP contribution in [-0.2, 0) is 18.4 Å². The molecule has 4 rings (SSSR count). The van der Waals surface area contributed by atoms with Gasteiger partial charge >= 0.3 is 0 Å². The molecular formula is C19H24N4O. The van der Waals surface area contributed by atoms with Crippen LogP contribution >= 0.6 is 0 Å². The number of imidazole rings is 1. The lowest BCUT2D eigenvalue weighted by Crippen LogP contribution is -2.50. The predicted octanol–water partition coefficient (Wildman–Crippen LogP) is 2.06. The van der Waals surface area contributed by atoms with Crippen LogP contribution in [0.2, 0.25) is 0 Å². The van der Waals surface area contributed by atoms with E-state index >= 15 is 0 Å². The molecule has 5 heteroatoms. The van der Waals surface area contributed by atoms with Gasteiger partial charge in [0.1, 0.15) is 5.82 Å². The number of nitrogens with one attached hydrogen (secondary N) is 1. The number of nitrogens with zero attached hydrogens (tertiary/aromatic N) is 3. The van der Waals surface area contributed by atoms with Gasteiger partial charge in [-0.2, -0.15) is 0 Å². The highest BCUT2D eigenvalue weighted by Gasteiger charge is 2.46. The largest absolute Gasteiger partial charge is 0.350 e. The summed E-state index contributed by atoms with van der Waals surface area (Å²) < 4.78 is 2.08. The maximum atomic E-state index is 12.5. The van der Waals surface area contributed by atoms with Crippen molar-refractivity contribution in [1.82, 2.24) is 19.8 Å². The molecule has 1 atom stereocenters. The van der Waals surface area contributed by atoms with Gasteiger partial charge < -0.3 is 9.88 Å². The molecule has 1 aromatic carbocycles. The molecule has 1 spiro atoms. The number of carbonyl (C=O) groups excluding carboxylic acids is 1. The van der Waals surface area contributed by atoms with Gasteiger partial charge in [0.05, 0.1) is 12.5 Å². The summed E-state index contributed by atoms with van der Waals surface area (Å²) in [5.74, 6) is 1.30. The summed E-state index contributed by atoms with van der Waals surface area (Å²) in [5.41, 5.74) is 1.12. The summed E-state index contributed by atoms with van der Waals surface area (Å²) in [5, 5.41) is 3.32. The summed E-state index contributed by atoms with van der Waals surface area (Å²) >= 11 is 0. The molecule has 1 N–H and O–H groups in total. The third kappa shape index (κ3) is 2.84. The summed E-state index contributed by atoms with van der Waals surface area (Å²) in [6.07, 6.45) is 6.80. The zero-order chi connectivity index (χ0) is 16.6. The van der Waals surface area contributed by atoms with E-state index in [1.54, 1.807) is 0 Å². The Morgan fingerprint density at radius 3 is 2.67 bits per heavy atom. The lowest BCUT2D eigenvalue weighted by Gasteiger charge is -2.39. The maximum absolute atomic E-state index is 12.5. The first-order chi connectivity index (χ1) is 11.7. The number of rotatable bonds is 3. The van der Waals surface area contributed by atoms with Crippen LogP contribution in [0.25, 0.3) is 0 Å². The van der Waals surface area contributed by atoms with E-state index in [4.69, 9.17) is 0 Å². The van der Waals surface area contributed by atoms with Gasteiger partial charge in [-0.3, -0.25) is 9.69 Å². The molecule has 0 radical (unpaired) electrons. The second-order valence-electron chi connectivity index (χ2n) is 7.17. The highest BCUT2D eigenvalue weighted by Crippen LogP contribution is 2.39. The highest BCUT2D eigenvalue weighted by atomic mass is 16.2. The number of piperidine rings is 1. The van der Waals surface area contributed by atoms with Crippen LogP contribution in [-0.4, -0.2) is 39.0 Å². The number of hydrogen-bond acceptors (Lipinski definition) is 3. The number of aromatic nitrogens is 2. The predicted molar refractivity (Wildman–Crippen MR) is 92.4 cm³/mol. The fourth-order valence-electron chi connectivity index (χ4n) is 4.05. The number of likely N-dealkylation sites (tertiary alicyclic amines) is 1. The molecule has 2 aromatic rings. The van der Waals surface area contributed by atoms with E-state index in [0.717, 1.165) is 50.3 Å². The standard InChI is InChI=1S/C19H24N4O/c1-22-12-9-20-17(22)14-23-10-7-19(8-11-23)13-16(18(24)21-19)15-5-3-2-4-6-15/h2-6,9,12,16H,7-8,10-11,13-14H2,1H3,(H,21,24)/t16-/m0/s1. The van der Waals surface area contributed by atoms with Crippen LogP contribution in [0.15, 0.2) is 42.7 Å². The number of benzene rings is 1. The molecule has 0 saturated carbocycles. The van der Waals surface area contributed by atoms with Crippen LogP contribution in [0.5, 0.6) is 0 Å². The quantitative estimate of drug-likeness (QED) is 0.940. The van der Waals surface area contributed by atoms with Crippen molar-refractivity contribution in [2.24, 2.45) is 7.05 Å². The van der Waals surface area contributed by atoms with Crippen molar-refractivity contribution in [3.05, 3.63) is 54.1 Å². The molecule has 0 bridgehead atoms. The average Bonchev–Trinajstić information content (AvgIpc) is 3.14. The number of hydrogen-bond donors (Lipinski definition) is 1. The fraction of sp³-hybridized carbons (Fsp3) is 0.474. The molecule has 2 fully saturated rings. The number of amides is 1. The van der Waals surface area contributed by atoms with Gasteiger partial charge in [0.25, 0.3) is 0 Å². The van der Waals surface area contributed by atoms with Crippen molar-refractivity contribution in [1.29, 1.82) is 0 Å². The Kier molecular flexibility index (Phi) is 3.88. The van der Waals surface area contributed by atoms with Gasteiger partial charge in [0.15, 0.2) is 0 Å². The molecule has 2 aliphatic heterocycles. The smallest absolute Gasteiger partial charge is 0.228 e. The molecule has 0 unspecified atom stereocenters. The average molecular weight is 324 g/mol. The van der Waals surface area contributed by atoms with Gasteiger partial charge in [-0.25, -0.2) is 4.98 Å². The van der Waals surface area contributed by atoms with Crippen molar-refractivity contribution >= 4 is 5.91 Å². The van der Waals surface area contributed by atoms with E-state index in [-0.39, 0.29) is 17.4 Å². The maximum Gasteiger partial charge on any atom is 0.228 e. The van der Waals surface area contributed by atoms with Crippen molar-refractivity contribution < 1.29 is 4.79 Å². The number of aryl methyl sites for hydroxylation is 1. The second-order valence-corrected chi connectivity index (χ2v) is 7.17.